The topological polar surface area (TPSA) is 43.7 Å². The van der Waals surface area contributed by atoms with Gasteiger partial charge >= 0.3 is 6.18 Å². The van der Waals surface area contributed by atoms with Crippen LogP contribution in [0.5, 0.6) is 0 Å². The van der Waals surface area contributed by atoms with E-state index in [4.69, 9.17) is 5.11 Å². The minimum Gasteiger partial charge on any atom is -0.395 e. The van der Waals surface area contributed by atoms with Crippen LogP contribution >= 0.6 is 0 Å². The number of likely N-dealkylation sites (tertiary alicyclic amines) is 1. The van der Waals surface area contributed by atoms with Crippen molar-refractivity contribution in [3.63, 3.8) is 0 Å². The van der Waals surface area contributed by atoms with Crippen LogP contribution in [-0.2, 0) is 0 Å². The number of nitrogens with zero attached hydrogens (tertiary/aromatic N) is 1. The van der Waals surface area contributed by atoms with Gasteiger partial charge in [-0.2, -0.15) is 13.2 Å². The molecule has 1 rings (SSSR count). The van der Waals surface area contributed by atoms with E-state index in [1.165, 1.54) is 0 Å². The molecule has 0 spiro atoms. The monoisotopic (exact) mass is 239 g/mol. The van der Waals surface area contributed by atoms with Gasteiger partial charge in [-0.15, -0.1) is 0 Å². The summed E-state index contributed by atoms with van der Waals surface area (Å²) in [5.74, 6) is 0. The van der Waals surface area contributed by atoms with Crippen molar-refractivity contribution in [2.75, 3.05) is 19.7 Å². The molecule has 0 amide bonds. The molecule has 6 heteroatoms. The van der Waals surface area contributed by atoms with Gasteiger partial charge in [0.05, 0.1) is 18.8 Å². The van der Waals surface area contributed by atoms with E-state index in [9.17, 15) is 18.3 Å². The van der Waals surface area contributed by atoms with Crippen molar-refractivity contribution < 1.29 is 23.4 Å². The average molecular weight is 239 g/mol. The third-order valence-corrected chi connectivity index (χ3v) is 2.70. The highest BCUT2D eigenvalue weighted by Crippen LogP contribution is 2.19. The average Bonchev–Trinajstić information content (AvgIpc) is 2.52. The predicted molar refractivity (Wildman–Crippen MR) is 52.9 cm³/mol. The number of rotatable bonds is 4. The Morgan fingerprint density at radius 2 is 2.06 bits per heavy atom. The SMILES string of the molecule is OC[C@H]1[C@H](O)CCN1CC/C=C\C(F)(F)F. The number of aliphatic hydroxyl groups excluding tert-OH is 2. The van der Waals surface area contributed by atoms with Crippen LogP contribution in [0.25, 0.3) is 0 Å². The first-order valence-electron chi connectivity index (χ1n) is 5.21. The Bertz CT molecular complexity index is 243. The lowest BCUT2D eigenvalue weighted by Crippen LogP contribution is -2.38. The Balaban J connectivity index is 2.30. The van der Waals surface area contributed by atoms with Crippen LogP contribution in [0.15, 0.2) is 12.2 Å². The minimum absolute atomic E-state index is 0.163. The normalized spacial score (nSPS) is 28.1. The van der Waals surface area contributed by atoms with Crippen molar-refractivity contribution in [2.24, 2.45) is 0 Å². The van der Waals surface area contributed by atoms with E-state index in [2.05, 4.69) is 0 Å². The second-order valence-corrected chi connectivity index (χ2v) is 3.87. The summed E-state index contributed by atoms with van der Waals surface area (Å²) in [6, 6.07) is -0.334. The highest BCUT2D eigenvalue weighted by Gasteiger charge is 2.31. The number of aliphatic hydroxyl groups is 2. The largest absolute Gasteiger partial charge is 0.409 e. The Labute approximate surface area is 92.2 Å². The van der Waals surface area contributed by atoms with E-state index in [0.29, 0.717) is 19.5 Å². The van der Waals surface area contributed by atoms with Crippen molar-refractivity contribution >= 4 is 0 Å². The molecule has 16 heavy (non-hydrogen) atoms. The quantitative estimate of drug-likeness (QED) is 0.717. The number of alkyl halides is 3. The van der Waals surface area contributed by atoms with Crippen molar-refractivity contribution in [1.29, 1.82) is 0 Å². The highest BCUT2D eigenvalue weighted by molar-refractivity contribution is 4.92. The molecule has 3 nitrogen and oxygen atoms in total. The smallest absolute Gasteiger partial charge is 0.395 e. The Morgan fingerprint density at radius 1 is 1.38 bits per heavy atom. The maximum atomic E-state index is 11.8. The van der Waals surface area contributed by atoms with E-state index >= 15 is 0 Å². The summed E-state index contributed by atoms with van der Waals surface area (Å²) in [5.41, 5.74) is 0. The Hall–Kier alpha value is -0.590. The molecule has 2 atom stereocenters. The molecule has 0 unspecified atom stereocenters. The van der Waals surface area contributed by atoms with Crippen molar-refractivity contribution in [3.05, 3.63) is 12.2 Å². The van der Waals surface area contributed by atoms with E-state index in [1.54, 1.807) is 0 Å². The molecule has 94 valence electrons. The summed E-state index contributed by atoms with van der Waals surface area (Å²) in [4.78, 5) is 1.81. The zero-order valence-electron chi connectivity index (χ0n) is 8.82. The maximum absolute atomic E-state index is 11.8. The van der Waals surface area contributed by atoms with Crippen LogP contribution in [0.4, 0.5) is 13.2 Å². The number of hydrogen-bond donors (Lipinski definition) is 2. The first-order valence-corrected chi connectivity index (χ1v) is 5.21. The van der Waals surface area contributed by atoms with Gasteiger partial charge in [0.1, 0.15) is 0 Å². The first kappa shape index (κ1) is 13.5. The van der Waals surface area contributed by atoms with Crippen LogP contribution < -0.4 is 0 Å². The molecular weight excluding hydrogens is 223 g/mol. The van der Waals surface area contributed by atoms with Gasteiger partial charge in [0.25, 0.3) is 0 Å². The van der Waals surface area contributed by atoms with Gasteiger partial charge in [-0.05, 0) is 12.8 Å². The molecule has 1 aliphatic heterocycles. The zero-order valence-corrected chi connectivity index (χ0v) is 8.82. The molecule has 2 N–H and O–H groups in total. The van der Waals surface area contributed by atoms with Crippen LogP contribution in [0.3, 0.4) is 0 Å². The molecule has 0 aliphatic carbocycles. The first-order chi connectivity index (χ1) is 7.44. The summed E-state index contributed by atoms with van der Waals surface area (Å²) < 4.78 is 35.3. The van der Waals surface area contributed by atoms with Gasteiger partial charge in [-0.25, -0.2) is 0 Å². The van der Waals surface area contributed by atoms with Crippen LogP contribution in [0.2, 0.25) is 0 Å². The highest BCUT2D eigenvalue weighted by atomic mass is 19.4. The molecule has 1 saturated heterocycles. The lowest BCUT2D eigenvalue weighted by molar-refractivity contribution is -0.0800. The molecule has 0 aromatic carbocycles. The summed E-state index contributed by atoms with van der Waals surface area (Å²) in [5, 5.41) is 18.4. The Morgan fingerprint density at radius 3 is 2.62 bits per heavy atom. The summed E-state index contributed by atoms with van der Waals surface area (Å²) in [6.45, 7) is 0.880. The third kappa shape index (κ3) is 4.11. The summed E-state index contributed by atoms with van der Waals surface area (Å²) >= 11 is 0. The fourth-order valence-corrected chi connectivity index (χ4v) is 1.87. The van der Waals surface area contributed by atoms with Crippen LogP contribution in [0, 0.1) is 0 Å². The zero-order chi connectivity index (χ0) is 12.2. The van der Waals surface area contributed by atoms with Crippen molar-refractivity contribution in [3.8, 4) is 0 Å². The van der Waals surface area contributed by atoms with E-state index < -0.39 is 12.3 Å². The number of allylic oxidation sites excluding steroid dienone is 1. The minimum atomic E-state index is -4.26. The van der Waals surface area contributed by atoms with Crippen molar-refractivity contribution in [1.82, 2.24) is 4.90 Å². The van der Waals surface area contributed by atoms with Crippen LogP contribution in [0.1, 0.15) is 12.8 Å². The molecule has 1 aliphatic rings. The van der Waals surface area contributed by atoms with E-state index in [1.807, 2.05) is 4.90 Å². The standard InChI is InChI=1S/C10H16F3NO2/c11-10(12,13)4-1-2-5-14-6-3-9(16)8(14)7-15/h1,4,8-9,15-16H,2-3,5-7H2/b4-1-/t8-,9+/m0/s1. The van der Waals surface area contributed by atoms with Gasteiger partial charge < -0.3 is 10.2 Å². The van der Waals surface area contributed by atoms with Gasteiger partial charge in [0, 0.05) is 19.2 Å². The molecule has 0 radical (unpaired) electrons. The molecule has 0 bridgehead atoms. The summed E-state index contributed by atoms with van der Waals surface area (Å²) in [6.07, 6.45) is -2.72. The Kier molecular flexibility index (Phi) is 4.76. The maximum Gasteiger partial charge on any atom is 0.409 e. The predicted octanol–water partition coefficient (Wildman–Crippen LogP) is 0.923. The van der Waals surface area contributed by atoms with E-state index in [0.717, 1.165) is 6.08 Å². The number of hydrogen-bond acceptors (Lipinski definition) is 3. The molecule has 1 heterocycles. The van der Waals surface area contributed by atoms with Crippen LogP contribution in [-0.4, -0.2) is 53.1 Å². The number of halogens is 3. The lowest BCUT2D eigenvalue weighted by Gasteiger charge is -2.23. The fourth-order valence-electron chi connectivity index (χ4n) is 1.87. The van der Waals surface area contributed by atoms with Crippen molar-refractivity contribution in [2.45, 2.75) is 31.2 Å². The van der Waals surface area contributed by atoms with Gasteiger partial charge in [-0.1, -0.05) is 6.08 Å². The molecule has 0 aromatic heterocycles. The second kappa shape index (κ2) is 5.65. The van der Waals surface area contributed by atoms with Gasteiger partial charge in [0.15, 0.2) is 0 Å². The third-order valence-electron chi connectivity index (χ3n) is 2.70. The van der Waals surface area contributed by atoms with E-state index in [-0.39, 0.29) is 25.1 Å². The molecule has 0 aromatic rings. The fraction of sp³-hybridized carbons (Fsp3) is 0.800. The second-order valence-electron chi connectivity index (χ2n) is 3.87. The molecule has 0 saturated carbocycles. The molecule has 1 fully saturated rings. The lowest BCUT2D eigenvalue weighted by atomic mass is 10.2. The summed E-state index contributed by atoms with van der Waals surface area (Å²) in [7, 11) is 0. The van der Waals surface area contributed by atoms with Gasteiger partial charge in [0.2, 0.25) is 0 Å². The molecular formula is C10H16F3NO2. The van der Waals surface area contributed by atoms with Gasteiger partial charge in [-0.3, -0.25) is 4.90 Å².